The molecule has 2 aromatic carbocycles. The number of carbonyl (C=O) groups excluding carboxylic acids is 2. The summed E-state index contributed by atoms with van der Waals surface area (Å²) < 4.78 is 13.6. The molecular formula is C30H26FN7O3S. The number of aliphatic imine (C=N–C) groups is 1. The standard InChI is InChI=1S/C30H26FN7O3S/c31-23-13-33-28(34-14-23)38-15-22-17-42-29(36-26(40)20-5-2-1-3-6-20)37-30(22,18-38)21-7-4-8-24(11-21)35-27(41)25-10-9-19(16-39)12-32-25/h1-14,22,39H,15-18H2,(H,35,41)(H,36,37,40)/t22-,30+/m0/s1. The Labute approximate surface area is 245 Å². The number of hydrogen-bond acceptors (Lipinski definition) is 9. The first kappa shape index (κ1) is 27.5. The Hall–Kier alpha value is -4.68. The van der Waals surface area contributed by atoms with Crippen LogP contribution in [0.25, 0.3) is 0 Å². The second-order valence-corrected chi connectivity index (χ2v) is 11.0. The fourth-order valence-corrected chi connectivity index (χ4v) is 6.29. The SMILES string of the molecule is O=C(NC1=N[C@@]2(c3cccc(NC(=O)c4ccc(CO)cn4)c3)CN(c3ncc(F)cn3)C[C@H]2CS1)c1ccccc1. The molecule has 4 aromatic rings. The van der Waals surface area contributed by atoms with E-state index < -0.39 is 17.3 Å². The molecule has 0 radical (unpaired) electrons. The molecular weight excluding hydrogens is 557 g/mol. The highest BCUT2D eigenvalue weighted by Gasteiger charge is 2.51. The minimum Gasteiger partial charge on any atom is -0.392 e. The van der Waals surface area contributed by atoms with Crippen LogP contribution in [0.4, 0.5) is 16.0 Å². The molecule has 0 spiro atoms. The van der Waals surface area contributed by atoms with Gasteiger partial charge in [0.2, 0.25) is 5.95 Å². The highest BCUT2D eigenvalue weighted by Crippen LogP contribution is 2.46. The second kappa shape index (κ2) is 11.7. The first-order valence-corrected chi connectivity index (χ1v) is 14.2. The number of benzene rings is 2. The summed E-state index contributed by atoms with van der Waals surface area (Å²) in [5.74, 6) is -0.115. The maximum Gasteiger partial charge on any atom is 0.274 e. The first-order valence-electron chi connectivity index (χ1n) is 13.2. The van der Waals surface area contributed by atoms with Crippen molar-refractivity contribution in [2.75, 3.05) is 29.1 Å². The number of nitrogens with one attached hydrogen (secondary N) is 2. The minimum atomic E-state index is -0.802. The molecule has 2 aliphatic heterocycles. The van der Waals surface area contributed by atoms with E-state index in [1.165, 1.54) is 18.0 Å². The molecule has 0 unspecified atom stereocenters. The van der Waals surface area contributed by atoms with Crippen molar-refractivity contribution in [3.63, 3.8) is 0 Å². The molecule has 212 valence electrons. The lowest BCUT2D eigenvalue weighted by atomic mass is 9.81. The average molecular weight is 584 g/mol. The van der Waals surface area contributed by atoms with Crippen LogP contribution in [0.5, 0.6) is 0 Å². The number of nitrogens with zero attached hydrogens (tertiary/aromatic N) is 5. The largest absolute Gasteiger partial charge is 0.392 e. The zero-order valence-electron chi connectivity index (χ0n) is 22.3. The van der Waals surface area contributed by atoms with Gasteiger partial charge < -0.3 is 20.6 Å². The Kier molecular flexibility index (Phi) is 7.64. The molecule has 0 saturated carbocycles. The van der Waals surface area contributed by atoms with Gasteiger partial charge in [-0.15, -0.1) is 0 Å². The van der Waals surface area contributed by atoms with E-state index in [1.54, 1.807) is 42.5 Å². The van der Waals surface area contributed by atoms with Gasteiger partial charge in [-0.1, -0.05) is 48.2 Å². The third-order valence-electron chi connectivity index (χ3n) is 7.28. The third kappa shape index (κ3) is 5.58. The topological polar surface area (TPSA) is 133 Å². The normalized spacial score (nSPS) is 19.5. The number of fused-ring (bicyclic) bond motifs is 1. The molecule has 6 rings (SSSR count). The van der Waals surface area contributed by atoms with E-state index >= 15 is 0 Å². The smallest absolute Gasteiger partial charge is 0.274 e. The number of aliphatic hydroxyl groups excluding tert-OH is 1. The van der Waals surface area contributed by atoms with Crippen LogP contribution in [0.3, 0.4) is 0 Å². The molecule has 2 aromatic heterocycles. The predicted octanol–water partition coefficient (Wildman–Crippen LogP) is 3.62. The van der Waals surface area contributed by atoms with Crippen molar-refractivity contribution >= 4 is 40.4 Å². The maximum absolute atomic E-state index is 13.6. The summed E-state index contributed by atoms with van der Waals surface area (Å²) in [6, 6.07) is 19.6. The predicted molar refractivity (Wildman–Crippen MR) is 158 cm³/mol. The highest BCUT2D eigenvalue weighted by molar-refractivity contribution is 8.13. The second-order valence-electron chi connectivity index (χ2n) is 10.00. The molecule has 42 heavy (non-hydrogen) atoms. The molecule has 1 fully saturated rings. The van der Waals surface area contributed by atoms with Crippen LogP contribution in [-0.4, -0.2) is 55.9 Å². The molecule has 0 aliphatic carbocycles. The average Bonchev–Trinajstić information content (AvgIpc) is 3.42. The van der Waals surface area contributed by atoms with E-state index in [0.717, 1.165) is 18.0 Å². The zero-order chi connectivity index (χ0) is 29.1. The van der Waals surface area contributed by atoms with Crippen LogP contribution in [0.1, 0.15) is 32.0 Å². The fraction of sp³-hybridized carbons (Fsp3) is 0.200. The van der Waals surface area contributed by atoms with E-state index in [0.29, 0.717) is 46.8 Å². The molecule has 12 heteroatoms. The number of halogens is 1. The molecule has 2 amide bonds. The number of thioether (sulfide) groups is 1. The number of pyridine rings is 1. The van der Waals surface area contributed by atoms with Crippen molar-refractivity contribution in [3.05, 3.63) is 114 Å². The highest BCUT2D eigenvalue weighted by atomic mass is 32.2. The van der Waals surface area contributed by atoms with Crippen LogP contribution >= 0.6 is 11.8 Å². The van der Waals surface area contributed by atoms with Crippen molar-refractivity contribution in [3.8, 4) is 0 Å². The summed E-state index contributed by atoms with van der Waals surface area (Å²) in [6.45, 7) is 0.794. The van der Waals surface area contributed by atoms with E-state index in [1.807, 2.05) is 29.2 Å². The van der Waals surface area contributed by atoms with Crippen LogP contribution < -0.4 is 15.5 Å². The number of hydrogen-bond donors (Lipinski definition) is 3. The Balaban J connectivity index is 1.33. The number of anilines is 2. The molecule has 1 saturated heterocycles. The van der Waals surface area contributed by atoms with Gasteiger partial charge in [-0.05, 0) is 41.5 Å². The lowest BCUT2D eigenvalue weighted by molar-refractivity contribution is 0.0976. The van der Waals surface area contributed by atoms with Crippen LogP contribution in [0.2, 0.25) is 0 Å². The molecule has 2 atom stereocenters. The maximum atomic E-state index is 13.6. The van der Waals surface area contributed by atoms with Crippen LogP contribution in [-0.2, 0) is 12.1 Å². The van der Waals surface area contributed by atoms with Gasteiger partial charge in [-0.2, -0.15) is 0 Å². The van der Waals surface area contributed by atoms with E-state index in [4.69, 9.17) is 4.99 Å². The number of amidine groups is 1. The van der Waals surface area contributed by atoms with Gasteiger partial charge in [0.15, 0.2) is 11.0 Å². The van der Waals surface area contributed by atoms with Crippen molar-refractivity contribution in [1.82, 2.24) is 20.3 Å². The zero-order valence-corrected chi connectivity index (χ0v) is 23.1. The van der Waals surface area contributed by atoms with Gasteiger partial charge in [-0.25, -0.2) is 19.4 Å². The van der Waals surface area contributed by atoms with Gasteiger partial charge in [0.1, 0.15) is 11.2 Å². The van der Waals surface area contributed by atoms with Gasteiger partial charge in [0, 0.05) is 35.7 Å². The van der Waals surface area contributed by atoms with Gasteiger partial charge >= 0.3 is 0 Å². The van der Waals surface area contributed by atoms with Crippen LogP contribution in [0.15, 0.2) is 90.3 Å². The summed E-state index contributed by atoms with van der Waals surface area (Å²) in [7, 11) is 0. The van der Waals surface area contributed by atoms with Crippen LogP contribution in [0, 0.1) is 11.7 Å². The molecule has 4 heterocycles. The van der Waals surface area contributed by atoms with Gasteiger partial charge in [0.05, 0.1) is 25.5 Å². The fourth-order valence-electron chi connectivity index (χ4n) is 5.16. The van der Waals surface area contributed by atoms with Crippen molar-refractivity contribution in [2.24, 2.45) is 10.9 Å². The summed E-state index contributed by atoms with van der Waals surface area (Å²) in [5, 5.41) is 15.6. The lowest BCUT2D eigenvalue weighted by Gasteiger charge is -2.35. The quantitative estimate of drug-likeness (QED) is 0.314. The van der Waals surface area contributed by atoms with Crippen molar-refractivity contribution in [2.45, 2.75) is 12.1 Å². The summed E-state index contributed by atoms with van der Waals surface area (Å²) in [6.07, 6.45) is 3.73. The first-order chi connectivity index (χ1) is 20.4. The number of carbonyl (C=O) groups is 2. The van der Waals surface area contributed by atoms with Crippen molar-refractivity contribution in [1.29, 1.82) is 0 Å². The van der Waals surface area contributed by atoms with Gasteiger partial charge in [-0.3, -0.25) is 14.6 Å². The molecule has 2 aliphatic rings. The number of aromatic nitrogens is 3. The Morgan fingerprint density at radius 1 is 0.976 bits per heavy atom. The Morgan fingerprint density at radius 2 is 1.79 bits per heavy atom. The summed E-state index contributed by atoms with van der Waals surface area (Å²) in [4.78, 5) is 45.5. The number of aliphatic hydroxyl groups is 1. The number of rotatable bonds is 6. The van der Waals surface area contributed by atoms with Crippen molar-refractivity contribution < 1.29 is 19.1 Å². The Bertz CT molecular complexity index is 1640. The monoisotopic (exact) mass is 583 g/mol. The third-order valence-corrected chi connectivity index (χ3v) is 8.31. The summed E-state index contributed by atoms with van der Waals surface area (Å²) >= 11 is 1.47. The lowest BCUT2D eigenvalue weighted by Crippen LogP contribution is -2.42. The van der Waals surface area contributed by atoms with E-state index in [2.05, 4.69) is 25.6 Å². The summed E-state index contributed by atoms with van der Waals surface area (Å²) in [5.41, 5.74) is 1.94. The Morgan fingerprint density at radius 3 is 2.52 bits per heavy atom. The number of amides is 2. The van der Waals surface area contributed by atoms with E-state index in [-0.39, 0.29) is 24.1 Å². The molecule has 10 nitrogen and oxygen atoms in total. The van der Waals surface area contributed by atoms with E-state index in [9.17, 15) is 19.1 Å². The minimum absolute atomic E-state index is 0.00664. The molecule has 0 bridgehead atoms. The van der Waals surface area contributed by atoms with Gasteiger partial charge in [0.25, 0.3) is 11.8 Å². The molecule has 3 N–H and O–H groups in total.